The molecule has 0 saturated heterocycles. The lowest BCUT2D eigenvalue weighted by Gasteiger charge is -2.28. The van der Waals surface area contributed by atoms with Crippen LogP contribution in [0, 0.1) is 24.2 Å². The van der Waals surface area contributed by atoms with E-state index in [9.17, 15) is 24.3 Å². The van der Waals surface area contributed by atoms with Gasteiger partial charge in [0.15, 0.2) is 0 Å². The molecule has 1 unspecified atom stereocenters. The quantitative estimate of drug-likeness (QED) is 0.0935. The smallest absolute Gasteiger partial charge is 0.407 e. The lowest BCUT2D eigenvalue weighted by atomic mass is 9.96. The summed E-state index contributed by atoms with van der Waals surface area (Å²) in [6, 6.07) is 10.3. The van der Waals surface area contributed by atoms with E-state index in [2.05, 4.69) is 27.2 Å². The fourth-order valence-corrected chi connectivity index (χ4v) is 5.06. The van der Waals surface area contributed by atoms with Crippen LogP contribution in [0.15, 0.2) is 42.5 Å². The Morgan fingerprint density at radius 3 is 2.29 bits per heavy atom. The number of carbonyl (C=O) groups excluding carboxylic acids is 4. The van der Waals surface area contributed by atoms with Crippen molar-refractivity contribution < 1.29 is 38.5 Å². The normalized spacial score (nSPS) is 14.2. The fraction of sp³-hybridized carbons (Fsp3) is 0.568. The van der Waals surface area contributed by atoms with Crippen molar-refractivity contribution in [2.45, 2.75) is 84.0 Å². The molecular formula is C37H54N4O8. The Labute approximate surface area is 290 Å². The van der Waals surface area contributed by atoms with Gasteiger partial charge in [0, 0.05) is 26.5 Å². The zero-order chi connectivity index (χ0) is 36.2. The van der Waals surface area contributed by atoms with Crippen molar-refractivity contribution in [1.82, 2.24) is 21.3 Å². The third-order valence-electron chi connectivity index (χ3n) is 8.02. The Balaban J connectivity index is 2.21. The van der Waals surface area contributed by atoms with Crippen LogP contribution in [0.25, 0.3) is 10.8 Å². The SMILES string of the molecule is C#CC[C@H](NC(=O)[C@H](Cc1cccc2ccccc12)NC(=O)OCCOCCOC)C(=O)N[C@@H](CC(C)C)[C@@H](O)CC(=O)NCC(C)CC. The van der Waals surface area contributed by atoms with Crippen molar-refractivity contribution in [1.29, 1.82) is 0 Å². The molecule has 2 aromatic rings. The molecule has 5 N–H and O–H groups in total. The first kappa shape index (κ1) is 41.0. The van der Waals surface area contributed by atoms with Gasteiger partial charge < -0.3 is 40.6 Å². The van der Waals surface area contributed by atoms with Crippen LogP contribution in [-0.4, -0.2) is 93.2 Å². The van der Waals surface area contributed by atoms with E-state index in [0.717, 1.165) is 22.8 Å². The van der Waals surface area contributed by atoms with Crippen molar-refractivity contribution in [3.8, 4) is 12.3 Å². The summed E-state index contributed by atoms with van der Waals surface area (Å²) in [7, 11) is 1.55. The molecule has 0 aromatic heterocycles. The van der Waals surface area contributed by atoms with Gasteiger partial charge in [-0.2, -0.15) is 0 Å². The number of hydrogen-bond donors (Lipinski definition) is 5. The third kappa shape index (κ3) is 15.3. The summed E-state index contributed by atoms with van der Waals surface area (Å²) >= 11 is 0. The molecule has 0 radical (unpaired) electrons. The molecule has 0 fully saturated rings. The first-order valence-electron chi connectivity index (χ1n) is 16.9. The third-order valence-corrected chi connectivity index (χ3v) is 8.02. The summed E-state index contributed by atoms with van der Waals surface area (Å²) < 4.78 is 15.5. The van der Waals surface area contributed by atoms with Crippen LogP contribution >= 0.6 is 0 Å². The number of ether oxygens (including phenoxy) is 3. The second kappa shape index (κ2) is 22.5. The Kier molecular flexibility index (Phi) is 18.8. The van der Waals surface area contributed by atoms with Gasteiger partial charge in [-0.05, 0) is 34.6 Å². The highest BCUT2D eigenvalue weighted by Gasteiger charge is 2.31. The van der Waals surface area contributed by atoms with Crippen LogP contribution in [0.4, 0.5) is 4.79 Å². The summed E-state index contributed by atoms with van der Waals surface area (Å²) in [4.78, 5) is 52.7. The minimum absolute atomic E-state index is 0.0461. The zero-order valence-electron chi connectivity index (χ0n) is 29.5. The maximum Gasteiger partial charge on any atom is 0.407 e. The minimum atomic E-state index is -1.18. The molecule has 12 nitrogen and oxygen atoms in total. The Morgan fingerprint density at radius 1 is 0.898 bits per heavy atom. The molecule has 5 atom stereocenters. The van der Waals surface area contributed by atoms with Crippen molar-refractivity contribution in [3.05, 3.63) is 48.0 Å². The summed E-state index contributed by atoms with van der Waals surface area (Å²) in [5, 5.41) is 23.8. The van der Waals surface area contributed by atoms with Crippen LogP contribution in [0.2, 0.25) is 0 Å². The van der Waals surface area contributed by atoms with E-state index >= 15 is 0 Å². The number of rotatable bonds is 22. The van der Waals surface area contributed by atoms with E-state index in [-0.39, 0.29) is 44.3 Å². The second-order valence-corrected chi connectivity index (χ2v) is 12.6. The average molecular weight is 683 g/mol. The molecule has 0 aliphatic carbocycles. The molecule has 0 bridgehead atoms. The van der Waals surface area contributed by atoms with Gasteiger partial charge in [-0.1, -0.05) is 76.6 Å². The van der Waals surface area contributed by atoms with Gasteiger partial charge in [-0.15, -0.1) is 12.3 Å². The molecule has 270 valence electrons. The van der Waals surface area contributed by atoms with E-state index < -0.39 is 42.1 Å². The number of aliphatic hydroxyl groups excluding tert-OH is 1. The van der Waals surface area contributed by atoms with Crippen molar-refractivity contribution >= 4 is 34.6 Å². The standard InChI is InChI=1S/C37H54N4O8/c1-7-12-30(35(44)40-31(21-25(3)4)33(42)23-34(43)38-24-26(5)8-2)39-36(45)32(41-37(46)49-20-19-48-18-17-47-6)22-28-15-11-14-27-13-9-10-16-29(27)28/h1,9-11,13-16,25-26,30-33,42H,8,12,17-24H2,2-6H3,(H,38,43)(H,39,45)(H,40,44)(H,41,46)/t26?,30-,31-,32-,33-/m0/s1. The largest absolute Gasteiger partial charge is 0.447 e. The van der Waals surface area contributed by atoms with Crippen LogP contribution in [0.3, 0.4) is 0 Å². The van der Waals surface area contributed by atoms with Crippen molar-refractivity contribution in [3.63, 3.8) is 0 Å². The number of methoxy groups -OCH3 is 1. The first-order chi connectivity index (χ1) is 23.5. The number of nitrogens with one attached hydrogen (secondary N) is 4. The van der Waals surface area contributed by atoms with Gasteiger partial charge >= 0.3 is 6.09 Å². The monoisotopic (exact) mass is 682 g/mol. The van der Waals surface area contributed by atoms with Gasteiger partial charge in [0.05, 0.1) is 38.4 Å². The lowest BCUT2D eigenvalue weighted by Crippen LogP contribution is -2.57. The highest BCUT2D eigenvalue weighted by atomic mass is 16.6. The van der Waals surface area contributed by atoms with Crippen molar-refractivity contribution in [2.75, 3.05) is 40.1 Å². The second-order valence-electron chi connectivity index (χ2n) is 12.6. The number of terminal acetylenes is 1. The molecule has 0 heterocycles. The first-order valence-corrected chi connectivity index (χ1v) is 16.9. The van der Waals surface area contributed by atoms with E-state index in [0.29, 0.717) is 32.1 Å². The van der Waals surface area contributed by atoms with Crippen molar-refractivity contribution in [2.24, 2.45) is 11.8 Å². The molecule has 49 heavy (non-hydrogen) atoms. The van der Waals surface area contributed by atoms with E-state index in [1.165, 1.54) is 0 Å². The zero-order valence-corrected chi connectivity index (χ0v) is 29.5. The van der Waals surface area contributed by atoms with Gasteiger partial charge in [0.2, 0.25) is 17.7 Å². The molecule has 4 amide bonds. The van der Waals surface area contributed by atoms with Gasteiger partial charge in [0.1, 0.15) is 18.7 Å². The molecule has 2 rings (SSSR count). The number of amides is 4. The number of carbonyl (C=O) groups is 4. The Morgan fingerprint density at radius 2 is 1.59 bits per heavy atom. The summed E-state index contributed by atoms with van der Waals surface area (Å²) in [6.45, 7) is 9.24. The molecule has 2 aromatic carbocycles. The van der Waals surface area contributed by atoms with Gasteiger partial charge in [-0.25, -0.2) is 4.79 Å². The average Bonchev–Trinajstić information content (AvgIpc) is 3.07. The highest BCUT2D eigenvalue weighted by molar-refractivity contribution is 5.93. The maximum atomic E-state index is 13.8. The van der Waals surface area contributed by atoms with Crippen LogP contribution in [0.1, 0.15) is 58.9 Å². The van der Waals surface area contributed by atoms with E-state index in [1.54, 1.807) is 7.11 Å². The number of hydrogen-bond acceptors (Lipinski definition) is 8. The molecule has 0 saturated carbocycles. The Hall–Kier alpha value is -4.18. The van der Waals surface area contributed by atoms with Crippen LogP contribution in [-0.2, 0) is 35.0 Å². The lowest BCUT2D eigenvalue weighted by molar-refractivity contribution is -0.131. The number of aliphatic hydroxyl groups is 1. The van der Waals surface area contributed by atoms with Gasteiger partial charge in [0.25, 0.3) is 0 Å². The maximum absolute atomic E-state index is 13.8. The predicted molar refractivity (Wildman–Crippen MR) is 188 cm³/mol. The van der Waals surface area contributed by atoms with Crippen LogP contribution in [0.5, 0.6) is 0 Å². The fourth-order valence-electron chi connectivity index (χ4n) is 5.06. The predicted octanol–water partition coefficient (Wildman–Crippen LogP) is 3.09. The Bertz CT molecular complexity index is 1370. The molecular weight excluding hydrogens is 628 g/mol. The molecule has 12 heteroatoms. The summed E-state index contributed by atoms with van der Waals surface area (Å²) in [5.74, 6) is 1.21. The number of alkyl carbamates (subject to hydrolysis) is 1. The molecule has 0 aliphatic heterocycles. The summed E-state index contributed by atoms with van der Waals surface area (Å²) in [6.07, 6.45) is 4.63. The topological polar surface area (TPSA) is 164 Å². The van der Waals surface area contributed by atoms with Gasteiger partial charge in [-0.3, -0.25) is 14.4 Å². The number of benzene rings is 2. The molecule has 0 spiro atoms. The van der Waals surface area contributed by atoms with Crippen LogP contribution < -0.4 is 21.3 Å². The molecule has 0 aliphatic rings. The highest BCUT2D eigenvalue weighted by Crippen LogP contribution is 2.20. The van der Waals surface area contributed by atoms with E-state index in [1.807, 2.05) is 70.2 Å². The summed E-state index contributed by atoms with van der Waals surface area (Å²) in [5.41, 5.74) is 0.797. The van der Waals surface area contributed by atoms with E-state index in [4.69, 9.17) is 20.6 Å². The minimum Gasteiger partial charge on any atom is -0.447 e. The number of fused-ring (bicyclic) bond motifs is 1.